The molecule has 5 saturated carbocycles. The third-order valence-corrected chi connectivity index (χ3v) is 17.2. The van der Waals surface area contributed by atoms with E-state index in [1.54, 1.807) is 9.80 Å². The molecule has 49 heavy (non-hydrogen) atoms. The van der Waals surface area contributed by atoms with Crippen molar-refractivity contribution in [3.8, 4) is 0 Å². The van der Waals surface area contributed by atoms with Gasteiger partial charge in [-0.05, 0) is 150 Å². The fraction of sp³-hybridized carbons (Fsp3) is 0.850. The van der Waals surface area contributed by atoms with Crippen molar-refractivity contribution >= 4 is 23.8 Å². The van der Waals surface area contributed by atoms with Gasteiger partial charge in [0, 0.05) is 13.1 Å². The SMILES string of the molecule is C=C(C)[C@@H]1CC[C@]2(C(=O)N3CCC[C@H]3C(=O)O)CC[C@]3(C)[C@H](CC[C@@H]4[C@@]5(C)CC[C@@H](O)[C@@](C)(C(=O)N6CCC[C@H]6C(=O)O)[C@@H]5CC[C@]43C)[C@@H]12. The second-order valence-electron chi connectivity index (χ2n) is 18.7. The molecule has 2 aliphatic heterocycles. The van der Waals surface area contributed by atoms with Gasteiger partial charge in [-0.1, -0.05) is 32.9 Å². The van der Waals surface area contributed by atoms with Crippen LogP contribution >= 0.6 is 0 Å². The van der Waals surface area contributed by atoms with Crippen LogP contribution in [0.5, 0.6) is 0 Å². The average molecular weight is 681 g/mol. The van der Waals surface area contributed by atoms with Gasteiger partial charge in [-0.25, -0.2) is 9.59 Å². The molecule has 7 fully saturated rings. The van der Waals surface area contributed by atoms with Crippen LogP contribution in [0.4, 0.5) is 0 Å². The minimum Gasteiger partial charge on any atom is -0.480 e. The smallest absolute Gasteiger partial charge is 0.326 e. The van der Waals surface area contributed by atoms with E-state index in [9.17, 15) is 34.5 Å². The van der Waals surface area contributed by atoms with Crippen LogP contribution in [-0.4, -0.2) is 80.1 Å². The first-order valence-corrected chi connectivity index (χ1v) is 19.4. The van der Waals surface area contributed by atoms with Gasteiger partial charge >= 0.3 is 11.9 Å². The van der Waals surface area contributed by atoms with Crippen molar-refractivity contribution in [2.24, 2.45) is 56.7 Å². The van der Waals surface area contributed by atoms with Crippen molar-refractivity contribution in [1.82, 2.24) is 9.80 Å². The lowest BCUT2D eigenvalue weighted by Gasteiger charge is -2.72. The fourth-order valence-electron chi connectivity index (χ4n) is 14.6. The molecule has 0 radical (unpaired) electrons. The summed E-state index contributed by atoms with van der Waals surface area (Å²) in [4.78, 5) is 56.9. The van der Waals surface area contributed by atoms with E-state index in [4.69, 9.17) is 0 Å². The number of rotatable bonds is 5. The summed E-state index contributed by atoms with van der Waals surface area (Å²) in [6, 6.07) is -1.55. The molecule has 0 spiro atoms. The lowest BCUT2D eigenvalue weighted by atomic mass is 9.32. The third kappa shape index (κ3) is 4.51. The monoisotopic (exact) mass is 680 g/mol. The number of carbonyl (C=O) groups excluding carboxylic acids is 2. The van der Waals surface area contributed by atoms with Crippen molar-refractivity contribution in [3.63, 3.8) is 0 Å². The Bertz CT molecular complexity index is 1450. The molecule has 13 atom stereocenters. The van der Waals surface area contributed by atoms with Gasteiger partial charge in [-0.3, -0.25) is 9.59 Å². The predicted molar refractivity (Wildman–Crippen MR) is 184 cm³/mol. The van der Waals surface area contributed by atoms with E-state index < -0.39 is 41.0 Å². The highest BCUT2D eigenvalue weighted by Gasteiger charge is 2.73. The highest BCUT2D eigenvalue weighted by molar-refractivity contribution is 5.90. The van der Waals surface area contributed by atoms with Crippen LogP contribution in [0.25, 0.3) is 0 Å². The zero-order valence-electron chi connectivity index (χ0n) is 30.5. The van der Waals surface area contributed by atoms with Gasteiger partial charge in [0.15, 0.2) is 0 Å². The molecule has 0 aromatic carbocycles. The molecule has 7 aliphatic rings. The molecule has 9 nitrogen and oxygen atoms in total. The quantitative estimate of drug-likeness (QED) is 0.297. The number of aliphatic hydroxyl groups excluding tert-OH is 1. The molecule has 9 heteroatoms. The second kappa shape index (κ2) is 11.5. The Balaban J connectivity index is 1.23. The third-order valence-electron chi connectivity index (χ3n) is 17.2. The summed E-state index contributed by atoms with van der Waals surface area (Å²) in [5, 5.41) is 31.6. The molecule has 2 saturated heterocycles. The zero-order chi connectivity index (χ0) is 35.5. The van der Waals surface area contributed by atoms with E-state index >= 15 is 0 Å². The van der Waals surface area contributed by atoms with Crippen molar-refractivity contribution in [2.45, 2.75) is 143 Å². The summed E-state index contributed by atoms with van der Waals surface area (Å²) in [7, 11) is 0. The number of likely N-dealkylation sites (tertiary alicyclic amines) is 2. The van der Waals surface area contributed by atoms with Gasteiger partial charge in [-0.2, -0.15) is 0 Å². The first-order chi connectivity index (χ1) is 23.0. The highest BCUT2D eigenvalue weighted by atomic mass is 16.4. The van der Waals surface area contributed by atoms with Crippen LogP contribution in [0.2, 0.25) is 0 Å². The van der Waals surface area contributed by atoms with Crippen LogP contribution in [0.15, 0.2) is 12.2 Å². The Hall–Kier alpha value is -2.42. The Morgan fingerprint density at radius 3 is 1.88 bits per heavy atom. The van der Waals surface area contributed by atoms with Crippen molar-refractivity contribution < 1.29 is 34.5 Å². The molecule has 2 amide bonds. The molecule has 0 aromatic heterocycles. The molecule has 272 valence electrons. The normalized spacial score (nSPS) is 49.0. The predicted octanol–water partition coefficient (Wildman–Crippen LogP) is 6.14. The number of hydrogen-bond acceptors (Lipinski definition) is 5. The van der Waals surface area contributed by atoms with Gasteiger partial charge < -0.3 is 25.1 Å². The molecule has 0 unspecified atom stereocenters. The van der Waals surface area contributed by atoms with Crippen LogP contribution in [0, 0.1) is 56.7 Å². The van der Waals surface area contributed by atoms with E-state index in [-0.39, 0.29) is 45.8 Å². The van der Waals surface area contributed by atoms with Crippen LogP contribution in [0.1, 0.15) is 125 Å². The number of carbonyl (C=O) groups is 4. The number of carboxylic acids is 2. The Morgan fingerprint density at radius 1 is 0.673 bits per heavy atom. The zero-order valence-corrected chi connectivity index (χ0v) is 30.5. The minimum absolute atomic E-state index is 0.0423. The number of hydrogen-bond donors (Lipinski definition) is 3. The number of aliphatic hydroxyl groups is 1. The summed E-state index contributed by atoms with van der Waals surface area (Å²) in [5.41, 5.74) is -0.730. The van der Waals surface area contributed by atoms with Gasteiger partial charge in [0.2, 0.25) is 11.8 Å². The van der Waals surface area contributed by atoms with E-state index in [1.165, 1.54) is 0 Å². The molecule has 0 aromatic rings. The number of allylic oxidation sites excluding steroid dienone is 1. The topological polar surface area (TPSA) is 135 Å². The average Bonchev–Trinajstić information content (AvgIpc) is 3.82. The molecule has 2 heterocycles. The van der Waals surface area contributed by atoms with Crippen molar-refractivity contribution in [3.05, 3.63) is 12.2 Å². The summed E-state index contributed by atoms with van der Waals surface area (Å²) >= 11 is 0. The van der Waals surface area contributed by atoms with Gasteiger partial charge in [0.05, 0.1) is 16.9 Å². The summed E-state index contributed by atoms with van der Waals surface area (Å²) in [5.74, 6) is -0.987. The standard InChI is InChI=1S/C40H60N2O7/c1-23(2)24-13-18-40(35(49)42-22-8-10-27(42)33(46)47)20-19-37(4)25(31(24)40)11-12-28-36(3)16-15-30(43)39(6,29(36)14-17-38(28,37)5)34(48)41-21-7-9-26(41)32(44)45/h24-31,43H,1,7-22H2,2-6H3,(H,44,45)(H,46,47)/t24-,25+,26-,27-,28+,29+,30+,31+,36+,37+,38+,39-,40-/m0/s1. The Kier molecular flexibility index (Phi) is 8.25. The van der Waals surface area contributed by atoms with Crippen LogP contribution in [0.3, 0.4) is 0 Å². The second-order valence-corrected chi connectivity index (χ2v) is 18.7. The molecule has 7 rings (SSSR count). The maximum absolute atomic E-state index is 14.7. The van der Waals surface area contributed by atoms with E-state index in [2.05, 4.69) is 34.3 Å². The maximum Gasteiger partial charge on any atom is 0.326 e. The first kappa shape index (κ1) is 35.0. The summed E-state index contributed by atoms with van der Waals surface area (Å²) < 4.78 is 0. The van der Waals surface area contributed by atoms with Crippen LogP contribution in [-0.2, 0) is 19.2 Å². The fourth-order valence-corrected chi connectivity index (χ4v) is 14.6. The lowest BCUT2D eigenvalue weighted by molar-refractivity contribution is -0.249. The first-order valence-electron chi connectivity index (χ1n) is 19.4. The number of carboxylic acid groups (broad SMARTS) is 2. The van der Waals surface area contributed by atoms with E-state index in [1.807, 2.05) is 6.92 Å². The number of nitrogens with zero attached hydrogens (tertiary/aromatic N) is 2. The van der Waals surface area contributed by atoms with Crippen molar-refractivity contribution in [1.29, 1.82) is 0 Å². The summed E-state index contributed by atoms with van der Waals surface area (Å²) in [6.07, 6.45) is 10.1. The molecule has 0 bridgehead atoms. The number of amides is 2. The number of aliphatic carboxylic acids is 2. The van der Waals surface area contributed by atoms with Crippen molar-refractivity contribution in [2.75, 3.05) is 13.1 Å². The van der Waals surface area contributed by atoms with Gasteiger partial charge in [-0.15, -0.1) is 0 Å². The molecular weight excluding hydrogens is 620 g/mol. The maximum atomic E-state index is 14.7. The molecule has 5 aliphatic carbocycles. The highest BCUT2D eigenvalue weighted by Crippen LogP contribution is 2.78. The van der Waals surface area contributed by atoms with E-state index in [0.29, 0.717) is 50.6 Å². The largest absolute Gasteiger partial charge is 0.480 e. The van der Waals surface area contributed by atoms with E-state index in [0.717, 1.165) is 69.8 Å². The Labute approximate surface area is 292 Å². The lowest BCUT2D eigenvalue weighted by Crippen LogP contribution is -2.69. The minimum atomic E-state index is -1.04. The molecule has 3 N–H and O–H groups in total. The summed E-state index contributed by atoms with van der Waals surface area (Å²) in [6.45, 7) is 16.8. The number of fused-ring (bicyclic) bond motifs is 7. The Morgan fingerprint density at radius 2 is 1.29 bits per heavy atom. The van der Waals surface area contributed by atoms with Gasteiger partial charge in [0.1, 0.15) is 12.1 Å². The molecular formula is C40H60N2O7. The van der Waals surface area contributed by atoms with Gasteiger partial charge in [0.25, 0.3) is 0 Å². The van der Waals surface area contributed by atoms with Crippen LogP contribution < -0.4 is 0 Å².